The number of thioether (sulfide) groups is 1. The molecule has 0 saturated carbocycles. The Morgan fingerprint density at radius 2 is 1.79 bits per heavy atom. The van der Waals surface area contributed by atoms with Crippen LogP contribution in [-0.4, -0.2) is 71.7 Å². The number of carbonyl (C=O) groups excluding carboxylic acids is 1. The maximum atomic E-state index is 12.2. The van der Waals surface area contributed by atoms with Crippen LogP contribution >= 0.6 is 47.2 Å². The number of nitrogens with zero attached hydrogens (tertiary/aromatic N) is 2. The summed E-state index contributed by atoms with van der Waals surface area (Å²) in [4.78, 5) is 26.6. The fraction of sp³-hybridized carbons (Fsp3) is 0.389. The Balaban J connectivity index is 0.00000122. The van der Waals surface area contributed by atoms with E-state index in [4.69, 9.17) is 40.5 Å². The summed E-state index contributed by atoms with van der Waals surface area (Å²) in [5, 5.41) is 11.6. The molecule has 6 nitrogen and oxygen atoms in total. The number of alkyl halides is 2. The van der Waals surface area contributed by atoms with E-state index in [9.17, 15) is 9.59 Å². The van der Waals surface area contributed by atoms with E-state index in [1.807, 2.05) is 38.4 Å². The van der Waals surface area contributed by atoms with Gasteiger partial charge in [0.2, 0.25) is 0 Å². The monoisotopic (exact) mass is 463 g/mol. The zero-order valence-corrected chi connectivity index (χ0v) is 18.8. The van der Waals surface area contributed by atoms with Gasteiger partial charge in [0, 0.05) is 30.5 Å². The number of carbonyl (C=O) groups is 2. The Hall–Kier alpha value is -1.32. The van der Waals surface area contributed by atoms with E-state index in [2.05, 4.69) is 10.2 Å². The molecule has 0 aliphatic carbocycles. The van der Waals surface area contributed by atoms with Crippen LogP contribution in [0.3, 0.4) is 0 Å². The van der Waals surface area contributed by atoms with Gasteiger partial charge >= 0.3 is 5.97 Å². The second-order valence-electron chi connectivity index (χ2n) is 5.62. The van der Waals surface area contributed by atoms with Crippen molar-refractivity contribution in [3.05, 3.63) is 34.7 Å². The van der Waals surface area contributed by atoms with E-state index >= 15 is 0 Å². The van der Waals surface area contributed by atoms with Gasteiger partial charge in [-0.1, -0.05) is 36.1 Å². The highest BCUT2D eigenvalue weighted by molar-refractivity contribution is 8.26. The highest BCUT2D eigenvalue weighted by Crippen LogP contribution is 2.32. The van der Waals surface area contributed by atoms with Crippen molar-refractivity contribution < 1.29 is 14.7 Å². The first-order chi connectivity index (χ1) is 13.4. The topological polar surface area (TPSA) is 72.9 Å². The van der Waals surface area contributed by atoms with Crippen LogP contribution in [-0.2, 0) is 9.59 Å². The van der Waals surface area contributed by atoms with Crippen molar-refractivity contribution in [3.63, 3.8) is 0 Å². The van der Waals surface area contributed by atoms with E-state index in [-0.39, 0.29) is 10.2 Å². The third kappa shape index (κ3) is 7.60. The maximum absolute atomic E-state index is 12.2. The van der Waals surface area contributed by atoms with Gasteiger partial charge in [-0.2, -0.15) is 0 Å². The number of nitrogens with one attached hydrogen (secondary N) is 1. The van der Waals surface area contributed by atoms with Crippen molar-refractivity contribution in [1.29, 1.82) is 0 Å². The molecule has 1 aliphatic heterocycles. The van der Waals surface area contributed by atoms with Crippen LogP contribution in [0.1, 0.15) is 5.56 Å². The van der Waals surface area contributed by atoms with Crippen LogP contribution in [0, 0.1) is 0 Å². The van der Waals surface area contributed by atoms with Crippen molar-refractivity contribution in [1.82, 2.24) is 10.2 Å². The molecular weight excluding hydrogens is 441 g/mol. The number of hydrogen-bond donors (Lipinski definition) is 2. The maximum Gasteiger partial charge on any atom is 0.323 e. The van der Waals surface area contributed by atoms with Crippen LogP contribution in [0.2, 0.25) is 0 Å². The molecule has 10 heteroatoms. The quantitative estimate of drug-likeness (QED) is 0.348. The average Bonchev–Trinajstić information content (AvgIpc) is 2.90. The fourth-order valence-electron chi connectivity index (χ4n) is 2.28. The standard InChI is InChI=1S/C16H16Cl2N2O3S2.C2H7N/c17-5-7-19(8-6-18)12-3-1-11(2-4-12)9-13-15(23)20(10-14(21)22)16(24)25-13;1-3-2/h1-4,9H,5-8,10H2,(H,21,22);3H,1-2H3/b13-9-;. The molecule has 2 N–H and O–H groups in total. The van der Waals surface area contributed by atoms with E-state index in [1.54, 1.807) is 6.08 Å². The van der Waals surface area contributed by atoms with Gasteiger partial charge in [0.1, 0.15) is 10.9 Å². The molecule has 0 radical (unpaired) electrons. The van der Waals surface area contributed by atoms with Crippen LogP contribution in [0.4, 0.5) is 5.69 Å². The van der Waals surface area contributed by atoms with Gasteiger partial charge in [-0.3, -0.25) is 14.5 Å². The summed E-state index contributed by atoms with van der Waals surface area (Å²) < 4.78 is 0.255. The average molecular weight is 464 g/mol. The number of hydrogen-bond acceptors (Lipinski definition) is 6. The summed E-state index contributed by atoms with van der Waals surface area (Å²) in [6.07, 6.45) is 1.71. The first-order valence-electron chi connectivity index (χ1n) is 8.40. The minimum atomic E-state index is -1.10. The minimum absolute atomic E-state index is 0.255. The molecule has 2 rings (SSSR count). The molecule has 0 aromatic heterocycles. The summed E-state index contributed by atoms with van der Waals surface area (Å²) in [5.74, 6) is -0.469. The van der Waals surface area contributed by atoms with Crippen molar-refractivity contribution >= 4 is 75.1 Å². The number of thiocarbonyl (C=S) groups is 1. The minimum Gasteiger partial charge on any atom is -0.480 e. The lowest BCUT2D eigenvalue weighted by Gasteiger charge is -2.22. The number of aliphatic carboxylic acids is 1. The van der Waals surface area contributed by atoms with Gasteiger partial charge < -0.3 is 15.3 Å². The summed E-state index contributed by atoms with van der Waals surface area (Å²) >= 11 is 17.8. The van der Waals surface area contributed by atoms with Crippen LogP contribution < -0.4 is 10.2 Å². The molecule has 1 aromatic rings. The number of carboxylic acids is 1. The number of amides is 1. The van der Waals surface area contributed by atoms with Gasteiger partial charge in [-0.05, 0) is 37.9 Å². The number of halogens is 2. The van der Waals surface area contributed by atoms with Crippen molar-refractivity contribution in [2.45, 2.75) is 0 Å². The Labute approximate surface area is 184 Å². The molecule has 0 atom stereocenters. The third-order valence-electron chi connectivity index (χ3n) is 3.43. The first kappa shape index (κ1) is 24.7. The molecule has 1 saturated heterocycles. The summed E-state index contributed by atoms with van der Waals surface area (Å²) in [5.41, 5.74) is 1.83. The molecular formula is C18H23Cl2N3O3S2. The lowest BCUT2D eigenvalue weighted by atomic mass is 10.1. The zero-order chi connectivity index (χ0) is 21.1. The first-order valence-corrected chi connectivity index (χ1v) is 10.7. The molecule has 0 unspecified atom stereocenters. The van der Waals surface area contributed by atoms with Crippen LogP contribution in [0.15, 0.2) is 29.2 Å². The van der Waals surface area contributed by atoms with Gasteiger partial charge in [-0.25, -0.2) is 0 Å². The van der Waals surface area contributed by atoms with Crippen LogP contribution in [0.5, 0.6) is 0 Å². The second kappa shape index (κ2) is 13.0. The molecule has 0 spiro atoms. The van der Waals surface area contributed by atoms with E-state index < -0.39 is 12.5 Å². The molecule has 1 heterocycles. The number of carboxylic acid groups (broad SMARTS) is 1. The highest BCUT2D eigenvalue weighted by Gasteiger charge is 2.33. The summed E-state index contributed by atoms with van der Waals surface area (Å²) in [7, 11) is 3.75. The van der Waals surface area contributed by atoms with Crippen molar-refractivity contribution in [2.75, 3.05) is 50.4 Å². The molecule has 154 valence electrons. The van der Waals surface area contributed by atoms with E-state index in [0.29, 0.717) is 29.8 Å². The fourth-order valence-corrected chi connectivity index (χ4v) is 3.94. The predicted octanol–water partition coefficient (Wildman–Crippen LogP) is 3.09. The SMILES string of the molecule is CNC.O=C(O)CN1C(=O)/C(=C/c2ccc(N(CCCl)CCCl)cc2)SC1=S. The van der Waals surface area contributed by atoms with Gasteiger partial charge in [-0.15, -0.1) is 23.2 Å². The largest absolute Gasteiger partial charge is 0.480 e. The Morgan fingerprint density at radius 3 is 2.25 bits per heavy atom. The normalized spacial score (nSPS) is 14.9. The van der Waals surface area contributed by atoms with Gasteiger partial charge in [0.05, 0.1) is 4.91 Å². The predicted molar refractivity (Wildman–Crippen MR) is 123 cm³/mol. The lowest BCUT2D eigenvalue weighted by Crippen LogP contribution is -2.33. The Morgan fingerprint density at radius 1 is 1.25 bits per heavy atom. The van der Waals surface area contributed by atoms with E-state index in [1.165, 1.54) is 0 Å². The molecule has 1 aromatic carbocycles. The molecule has 1 fully saturated rings. The van der Waals surface area contributed by atoms with Crippen LogP contribution in [0.25, 0.3) is 6.08 Å². The molecule has 1 amide bonds. The molecule has 0 bridgehead atoms. The number of anilines is 1. The van der Waals surface area contributed by atoms with E-state index in [0.717, 1.165) is 27.9 Å². The second-order valence-corrected chi connectivity index (χ2v) is 8.05. The van der Waals surface area contributed by atoms with Gasteiger partial charge in [0.15, 0.2) is 0 Å². The molecule has 28 heavy (non-hydrogen) atoms. The summed E-state index contributed by atoms with van der Waals surface area (Å²) in [6.45, 7) is 0.968. The van der Waals surface area contributed by atoms with Gasteiger partial charge in [0.25, 0.3) is 5.91 Å². The highest BCUT2D eigenvalue weighted by atomic mass is 35.5. The number of benzene rings is 1. The zero-order valence-electron chi connectivity index (χ0n) is 15.7. The third-order valence-corrected chi connectivity index (χ3v) is 5.15. The van der Waals surface area contributed by atoms with Crippen molar-refractivity contribution in [3.8, 4) is 0 Å². The smallest absolute Gasteiger partial charge is 0.323 e. The lowest BCUT2D eigenvalue weighted by molar-refractivity contribution is -0.140. The summed E-state index contributed by atoms with van der Waals surface area (Å²) in [6, 6.07) is 7.63. The number of rotatable bonds is 8. The Kier molecular flexibility index (Phi) is 11.5. The molecule has 1 aliphatic rings. The van der Waals surface area contributed by atoms with Crippen molar-refractivity contribution in [2.24, 2.45) is 0 Å². The Bertz CT molecular complexity index is 709.